The van der Waals surface area contributed by atoms with Gasteiger partial charge >= 0.3 is 0 Å². The van der Waals surface area contributed by atoms with Gasteiger partial charge in [0.15, 0.2) is 22.3 Å². The molecular formula is C9H5BrO3. The Kier molecular flexibility index (Phi) is 1.84. The van der Waals surface area contributed by atoms with Crippen LogP contribution in [-0.4, -0.2) is 11.4 Å². The first-order valence-electron chi connectivity index (χ1n) is 3.58. The fourth-order valence-electron chi connectivity index (χ4n) is 1.17. The van der Waals surface area contributed by atoms with Gasteiger partial charge in [0.05, 0.1) is 5.56 Å². The second kappa shape index (κ2) is 2.88. The Morgan fingerprint density at radius 3 is 2.92 bits per heavy atom. The Bertz CT molecular complexity index is 473. The molecule has 0 fully saturated rings. The number of hydrogen-bond acceptors (Lipinski definition) is 3. The third-order valence-corrected chi connectivity index (χ3v) is 2.18. The minimum absolute atomic E-state index is 0.113. The van der Waals surface area contributed by atoms with Crippen molar-refractivity contribution in [1.29, 1.82) is 0 Å². The highest BCUT2D eigenvalue weighted by molar-refractivity contribution is 9.10. The number of halogens is 1. The maximum absolute atomic E-state index is 10.5. The van der Waals surface area contributed by atoms with Crippen molar-refractivity contribution >= 4 is 33.2 Å². The second-order valence-corrected chi connectivity index (χ2v) is 3.37. The molecule has 13 heavy (non-hydrogen) atoms. The van der Waals surface area contributed by atoms with E-state index in [4.69, 9.17) is 4.42 Å². The summed E-state index contributed by atoms with van der Waals surface area (Å²) >= 11 is 3.14. The van der Waals surface area contributed by atoms with E-state index in [2.05, 4.69) is 15.9 Å². The number of aromatic hydroxyl groups is 1. The molecule has 66 valence electrons. The maximum atomic E-state index is 10.5. The van der Waals surface area contributed by atoms with Crippen molar-refractivity contribution < 1.29 is 14.3 Å². The van der Waals surface area contributed by atoms with Crippen LogP contribution < -0.4 is 0 Å². The van der Waals surface area contributed by atoms with Gasteiger partial charge in [-0.2, -0.15) is 0 Å². The average molecular weight is 241 g/mol. The van der Waals surface area contributed by atoms with Crippen LogP contribution in [0, 0.1) is 0 Å². The first-order valence-corrected chi connectivity index (χ1v) is 4.38. The number of phenolic OH excluding ortho intramolecular Hbond substituents is 1. The highest BCUT2D eigenvalue weighted by atomic mass is 79.9. The minimum atomic E-state index is -0.113. The highest BCUT2D eigenvalue weighted by Gasteiger charge is 2.09. The van der Waals surface area contributed by atoms with Crippen LogP contribution in [0.3, 0.4) is 0 Å². The van der Waals surface area contributed by atoms with Gasteiger partial charge in [-0.3, -0.25) is 4.79 Å². The topological polar surface area (TPSA) is 50.4 Å². The van der Waals surface area contributed by atoms with Gasteiger partial charge in [-0.25, -0.2) is 0 Å². The zero-order valence-electron chi connectivity index (χ0n) is 6.45. The summed E-state index contributed by atoms with van der Waals surface area (Å²) in [6.07, 6.45) is 0.588. The molecule has 1 aromatic carbocycles. The van der Waals surface area contributed by atoms with E-state index < -0.39 is 0 Å². The summed E-state index contributed by atoms with van der Waals surface area (Å²) in [5.74, 6) is -0.113. The van der Waals surface area contributed by atoms with E-state index in [1.54, 1.807) is 18.2 Å². The monoisotopic (exact) mass is 240 g/mol. The number of benzene rings is 1. The molecule has 0 spiro atoms. The molecule has 4 heteroatoms. The predicted molar refractivity (Wildman–Crippen MR) is 51.0 cm³/mol. The molecule has 3 nitrogen and oxygen atoms in total. The molecule has 1 aromatic heterocycles. The molecule has 2 aromatic rings. The molecule has 0 aliphatic heterocycles. The van der Waals surface area contributed by atoms with E-state index in [-0.39, 0.29) is 11.3 Å². The number of hydrogen-bond donors (Lipinski definition) is 1. The Labute approximate surface area is 82.1 Å². The summed E-state index contributed by atoms with van der Waals surface area (Å²) in [5.41, 5.74) is 0.561. The van der Waals surface area contributed by atoms with Crippen molar-refractivity contribution in [2.24, 2.45) is 0 Å². The van der Waals surface area contributed by atoms with Crippen molar-refractivity contribution in [2.45, 2.75) is 0 Å². The number of fused-ring (bicyclic) bond motifs is 1. The van der Waals surface area contributed by atoms with Crippen LogP contribution in [0.25, 0.3) is 11.0 Å². The molecule has 0 saturated carbocycles. The van der Waals surface area contributed by atoms with Crippen LogP contribution in [0.5, 0.6) is 5.75 Å². The van der Waals surface area contributed by atoms with E-state index in [1.165, 1.54) is 0 Å². The van der Waals surface area contributed by atoms with Gasteiger partial charge in [0.1, 0.15) is 0 Å². The van der Waals surface area contributed by atoms with Crippen LogP contribution >= 0.6 is 15.9 Å². The van der Waals surface area contributed by atoms with Gasteiger partial charge in [-0.1, -0.05) is 6.07 Å². The van der Waals surface area contributed by atoms with Crippen LogP contribution in [0.4, 0.5) is 0 Å². The van der Waals surface area contributed by atoms with Gasteiger partial charge < -0.3 is 9.52 Å². The van der Waals surface area contributed by atoms with E-state index in [1.807, 2.05) is 0 Å². The largest absolute Gasteiger partial charge is 0.504 e. The number of aldehydes is 1. The second-order valence-electron chi connectivity index (χ2n) is 2.59. The molecule has 0 aliphatic carbocycles. The smallest absolute Gasteiger partial charge is 0.177 e. The normalized spacial score (nSPS) is 10.5. The first-order chi connectivity index (χ1) is 6.22. The summed E-state index contributed by atoms with van der Waals surface area (Å²) in [7, 11) is 0. The van der Waals surface area contributed by atoms with E-state index in [0.29, 0.717) is 16.5 Å². The molecule has 0 bridgehead atoms. The Morgan fingerprint density at radius 1 is 1.46 bits per heavy atom. The van der Waals surface area contributed by atoms with Crippen molar-refractivity contribution in [3.05, 3.63) is 28.4 Å². The molecule has 0 atom stereocenters. The average Bonchev–Trinajstić information content (AvgIpc) is 2.47. The zero-order chi connectivity index (χ0) is 9.42. The molecule has 0 amide bonds. The Balaban J connectivity index is 2.85. The minimum Gasteiger partial charge on any atom is -0.504 e. The number of furan rings is 1. The van der Waals surface area contributed by atoms with Crippen LogP contribution in [-0.2, 0) is 0 Å². The summed E-state index contributed by atoms with van der Waals surface area (Å²) in [4.78, 5) is 10.5. The summed E-state index contributed by atoms with van der Waals surface area (Å²) in [5, 5.41) is 10.3. The lowest BCUT2D eigenvalue weighted by Gasteiger charge is -1.95. The number of rotatable bonds is 1. The van der Waals surface area contributed by atoms with Crippen LogP contribution in [0.1, 0.15) is 10.4 Å². The predicted octanol–water partition coefficient (Wildman–Crippen LogP) is 2.71. The maximum Gasteiger partial charge on any atom is 0.177 e. The van der Waals surface area contributed by atoms with Crippen LogP contribution in [0.2, 0.25) is 0 Å². The molecule has 0 unspecified atom stereocenters. The SMILES string of the molecule is O=Cc1ccc2cc(Br)oc2c1O. The molecule has 0 saturated heterocycles. The molecule has 1 N–H and O–H groups in total. The van der Waals surface area contributed by atoms with Gasteiger partial charge in [-0.05, 0) is 28.1 Å². The summed E-state index contributed by atoms with van der Waals surface area (Å²) < 4.78 is 5.68. The van der Waals surface area contributed by atoms with Crippen LogP contribution in [0.15, 0.2) is 27.3 Å². The van der Waals surface area contributed by atoms with Gasteiger partial charge in [0.2, 0.25) is 0 Å². The van der Waals surface area contributed by atoms with Gasteiger partial charge in [0, 0.05) is 5.39 Å². The molecule has 1 heterocycles. The first kappa shape index (κ1) is 8.31. The fraction of sp³-hybridized carbons (Fsp3) is 0. The third-order valence-electron chi connectivity index (χ3n) is 1.79. The third kappa shape index (κ3) is 1.23. The van der Waals surface area contributed by atoms with E-state index in [9.17, 15) is 9.90 Å². The van der Waals surface area contributed by atoms with E-state index in [0.717, 1.165) is 5.39 Å². The zero-order valence-corrected chi connectivity index (χ0v) is 8.04. The lowest BCUT2D eigenvalue weighted by Crippen LogP contribution is -1.79. The van der Waals surface area contributed by atoms with Crippen molar-refractivity contribution in [3.8, 4) is 5.75 Å². The molecule has 0 radical (unpaired) electrons. The Hall–Kier alpha value is -1.29. The van der Waals surface area contributed by atoms with Crippen molar-refractivity contribution in [2.75, 3.05) is 0 Å². The quantitative estimate of drug-likeness (QED) is 0.781. The standard InChI is InChI=1S/C9H5BrO3/c10-7-3-5-1-2-6(4-11)8(12)9(5)13-7/h1-4,12H. The van der Waals surface area contributed by atoms with Crippen molar-refractivity contribution in [1.82, 2.24) is 0 Å². The summed E-state index contributed by atoms with van der Waals surface area (Å²) in [6.45, 7) is 0. The highest BCUT2D eigenvalue weighted by Crippen LogP contribution is 2.32. The van der Waals surface area contributed by atoms with Gasteiger partial charge in [-0.15, -0.1) is 0 Å². The Morgan fingerprint density at radius 2 is 2.23 bits per heavy atom. The number of carbonyl (C=O) groups excluding carboxylic acids is 1. The number of phenols is 1. The number of carbonyl (C=O) groups is 1. The van der Waals surface area contributed by atoms with Gasteiger partial charge in [0.25, 0.3) is 0 Å². The summed E-state index contributed by atoms with van der Waals surface area (Å²) in [6, 6.07) is 4.99. The molecule has 2 rings (SSSR count). The molecule has 0 aliphatic rings. The van der Waals surface area contributed by atoms with E-state index >= 15 is 0 Å². The van der Waals surface area contributed by atoms with Crippen molar-refractivity contribution in [3.63, 3.8) is 0 Å². The lowest BCUT2D eigenvalue weighted by atomic mass is 10.1. The lowest BCUT2D eigenvalue weighted by molar-refractivity contribution is 0.112. The fourth-order valence-corrected chi connectivity index (χ4v) is 1.58. The molecular weight excluding hydrogens is 236 g/mol.